The van der Waals surface area contributed by atoms with Crippen LogP contribution in [0.1, 0.15) is 43.7 Å². The van der Waals surface area contributed by atoms with Crippen LogP contribution in [0.15, 0.2) is 18.2 Å². The second-order valence-electron chi connectivity index (χ2n) is 5.45. The third-order valence-corrected chi connectivity index (χ3v) is 4.19. The monoisotopic (exact) mass is 272 g/mol. The van der Waals surface area contributed by atoms with Gasteiger partial charge in [0.1, 0.15) is 5.54 Å². The number of hydrogen-bond donors (Lipinski definition) is 1. The number of benzene rings is 1. The highest BCUT2D eigenvalue weighted by Crippen LogP contribution is 2.38. The minimum Gasteiger partial charge on any atom is -0.479 e. The number of aliphatic carboxylic acids is 1. The van der Waals surface area contributed by atoms with Crippen molar-refractivity contribution in [3.8, 4) is 6.07 Å². The van der Waals surface area contributed by atoms with Crippen molar-refractivity contribution in [1.82, 2.24) is 0 Å². The summed E-state index contributed by atoms with van der Waals surface area (Å²) in [6, 6.07) is 7.72. The van der Waals surface area contributed by atoms with Gasteiger partial charge in [0, 0.05) is 12.2 Å². The summed E-state index contributed by atoms with van der Waals surface area (Å²) in [5.74, 6) is -0.737. The van der Waals surface area contributed by atoms with Crippen molar-refractivity contribution in [3.05, 3.63) is 29.3 Å². The number of rotatable bonds is 4. The van der Waals surface area contributed by atoms with Gasteiger partial charge in [0.2, 0.25) is 0 Å². The first-order valence-corrected chi connectivity index (χ1v) is 7.07. The van der Waals surface area contributed by atoms with Crippen molar-refractivity contribution in [3.63, 3.8) is 0 Å². The molecule has 20 heavy (non-hydrogen) atoms. The summed E-state index contributed by atoms with van der Waals surface area (Å²) in [4.78, 5) is 13.8. The van der Waals surface area contributed by atoms with Crippen LogP contribution in [0.5, 0.6) is 0 Å². The topological polar surface area (TPSA) is 64.3 Å². The van der Waals surface area contributed by atoms with E-state index in [1.807, 2.05) is 30.9 Å². The molecule has 0 aromatic heterocycles. The minimum atomic E-state index is -0.782. The first-order chi connectivity index (χ1) is 9.55. The molecule has 0 radical (unpaired) electrons. The Labute approximate surface area is 119 Å². The van der Waals surface area contributed by atoms with Crippen LogP contribution in [0.25, 0.3) is 0 Å². The number of hydrogen-bond acceptors (Lipinski definition) is 3. The zero-order chi connectivity index (χ0) is 14.8. The Balaban J connectivity index is 2.42. The molecule has 1 aliphatic heterocycles. The standard InChI is InChI=1S/C16H20N2O2/c1-3-7-16(15(19)20)8-4-9-18(16)14-6-5-13(11-17)12(2)10-14/h5-6,10H,3-4,7-9H2,1-2H3,(H,19,20). The van der Waals surface area contributed by atoms with Crippen LogP contribution in [0, 0.1) is 18.3 Å². The highest BCUT2D eigenvalue weighted by molar-refractivity contribution is 5.84. The lowest BCUT2D eigenvalue weighted by Crippen LogP contribution is -2.50. The molecule has 0 aliphatic carbocycles. The molecule has 106 valence electrons. The maximum Gasteiger partial charge on any atom is 0.329 e. The number of anilines is 1. The van der Waals surface area contributed by atoms with Gasteiger partial charge in [-0.25, -0.2) is 4.79 Å². The van der Waals surface area contributed by atoms with Crippen molar-refractivity contribution in [1.29, 1.82) is 5.26 Å². The number of nitriles is 1. The number of aryl methyl sites for hydroxylation is 1. The number of nitrogens with zero attached hydrogens (tertiary/aromatic N) is 2. The highest BCUT2D eigenvalue weighted by atomic mass is 16.4. The number of carbonyl (C=O) groups is 1. The Bertz CT molecular complexity index is 562. The fraction of sp³-hybridized carbons (Fsp3) is 0.500. The van der Waals surface area contributed by atoms with Crippen molar-refractivity contribution >= 4 is 11.7 Å². The van der Waals surface area contributed by atoms with Gasteiger partial charge >= 0.3 is 5.97 Å². The molecule has 0 spiro atoms. The van der Waals surface area contributed by atoms with Crippen molar-refractivity contribution in [2.45, 2.75) is 45.1 Å². The summed E-state index contributed by atoms with van der Waals surface area (Å²) in [6.45, 7) is 4.67. The van der Waals surface area contributed by atoms with Gasteiger partial charge in [0.05, 0.1) is 11.6 Å². The van der Waals surface area contributed by atoms with Crippen molar-refractivity contribution in [2.75, 3.05) is 11.4 Å². The molecule has 0 saturated carbocycles. The predicted octanol–water partition coefficient (Wildman–Crippen LogP) is 3.09. The smallest absolute Gasteiger partial charge is 0.329 e. The van der Waals surface area contributed by atoms with Gasteiger partial charge in [-0.15, -0.1) is 0 Å². The SMILES string of the molecule is CCCC1(C(=O)O)CCCN1c1ccc(C#N)c(C)c1. The van der Waals surface area contributed by atoms with E-state index in [1.54, 1.807) is 6.07 Å². The fourth-order valence-corrected chi connectivity index (χ4v) is 3.20. The molecule has 2 rings (SSSR count). The van der Waals surface area contributed by atoms with Gasteiger partial charge < -0.3 is 10.0 Å². The molecule has 1 atom stereocenters. The largest absolute Gasteiger partial charge is 0.479 e. The summed E-state index contributed by atoms with van der Waals surface area (Å²) >= 11 is 0. The maximum absolute atomic E-state index is 11.8. The van der Waals surface area contributed by atoms with Crippen LogP contribution in [0.4, 0.5) is 5.69 Å². The average molecular weight is 272 g/mol. The Morgan fingerprint density at radius 2 is 2.30 bits per heavy atom. The second kappa shape index (κ2) is 5.54. The molecule has 4 nitrogen and oxygen atoms in total. The van der Waals surface area contributed by atoms with Gasteiger partial charge in [0.25, 0.3) is 0 Å². The summed E-state index contributed by atoms with van der Waals surface area (Å²) in [5.41, 5.74) is 1.67. The normalized spacial score (nSPS) is 21.8. The van der Waals surface area contributed by atoms with Crippen LogP contribution in [0.3, 0.4) is 0 Å². The van der Waals surface area contributed by atoms with Crippen molar-refractivity contribution in [2.24, 2.45) is 0 Å². The van der Waals surface area contributed by atoms with E-state index in [2.05, 4.69) is 6.07 Å². The number of carboxylic acid groups (broad SMARTS) is 1. The molecular formula is C16H20N2O2. The van der Waals surface area contributed by atoms with E-state index >= 15 is 0 Å². The Morgan fingerprint density at radius 1 is 1.55 bits per heavy atom. The van der Waals surface area contributed by atoms with Crippen LogP contribution in [-0.4, -0.2) is 23.2 Å². The lowest BCUT2D eigenvalue weighted by Gasteiger charge is -2.36. The summed E-state index contributed by atoms with van der Waals surface area (Å²) in [7, 11) is 0. The van der Waals surface area contributed by atoms with E-state index in [0.29, 0.717) is 18.4 Å². The first-order valence-electron chi connectivity index (χ1n) is 7.07. The Hall–Kier alpha value is -2.02. The van der Waals surface area contributed by atoms with E-state index in [4.69, 9.17) is 5.26 Å². The third-order valence-electron chi connectivity index (χ3n) is 4.19. The Morgan fingerprint density at radius 3 is 2.85 bits per heavy atom. The molecule has 0 bridgehead atoms. The second-order valence-corrected chi connectivity index (χ2v) is 5.45. The van der Waals surface area contributed by atoms with Gasteiger partial charge in [-0.1, -0.05) is 13.3 Å². The first kappa shape index (κ1) is 14.4. The molecule has 1 N–H and O–H groups in total. The zero-order valence-electron chi connectivity index (χ0n) is 12.0. The van der Waals surface area contributed by atoms with Crippen LogP contribution in [0.2, 0.25) is 0 Å². The van der Waals surface area contributed by atoms with Crippen molar-refractivity contribution < 1.29 is 9.90 Å². The molecule has 1 unspecified atom stereocenters. The summed E-state index contributed by atoms with van der Waals surface area (Å²) in [6.07, 6.45) is 3.08. The molecule has 1 saturated heterocycles. The quantitative estimate of drug-likeness (QED) is 0.914. The predicted molar refractivity (Wildman–Crippen MR) is 77.7 cm³/mol. The summed E-state index contributed by atoms with van der Waals surface area (Å²) in [5, 5.41) is 18.7. The molecule has 0 amide bonds. The molecule has 1 aromatic carbocycles. The lowest BCUT2D eigenvalue weighted by atomic mass is 9.90. The molecular weight excluding hydrogens is 252 g/mol. The van der Waals surface area contributed by atoms with E-state index in [1.165, 1.54) is 0 Å². The average Bonchev–Trinajstić information content (AvgIpc) is 2.84. The fourth-order valence-electron chi connectivity index (χ4n) is 3.20. The van der Waals surface area contributed by atoms with Crippen LogP contribution < -0.4 is 4.90 Å². The molecule has 1 aromatic rings. The third kappa shape index (κ3) is 2.24. The van der Waals surface area contributed by atoms with Gasteiger partial charge in [-0.3, -0.25) is 0 Å². The van der Waals surface area contributed by atoms with Crippen LogP contribution >= 0.6 is 0 Å². The summed E-state index contributed by atoms with van der Waals surface area (Å²) < 4.78 is 0. The molecule has 4 heteroatoms. The minimum absolute atomic E-state index is 0.643. The van der Waals surface area contributed by atoms with Gasteiger partial charge in [-0.05, 0) is 49.9 Å². The molecule has 1 aliphatic rings. The highest BCUT2D eigenvalue weighted by Gasteiger charge is 2.46. The zero-order valence-corrected chi connectivity index (χ0v) is 12.0. The van der Waals surface area contributed by atoms with Crippen LogP contribution in [-0.2, 0) is 4.79 Å². The Kier molecular flexibility index (Phi) is 3.99. The molecule has 1 fully saturated rings. The maximum atomic E-state index is 11.8. The lowest BCUT2D eigenvalue weighted by molar-refractivity contribution is -0.143. The number of carboxylic acids is 1. The van der Waals surface area contributed by atoms with E-state index in [0.717, 1.165) is 30.6 Å². The molecule has 1 heterocycles. The van der Waals surface area contributed by atoms with E-state index in [9.17, 15) is 9.90 Å². The van der Waals surface area contributed by atoms with E-state index < -0.39 is 11.5 Å². The van der Waals surface area contributed by atoms with Gasteiger partial charge in [0.15, 0.2) is 0 Å². The van der Waals surface area contributed by atoms with Gasteiger partial charge in [-0.2, -0.15) is 5.26 Å². The van der Waals surface area contributed by atoms with E-state index in [-0.39, 0.29) is 0 Å².